The zero-order valence-electron chi connectivity index (χ0n) is 10.5. The first-order chi connectivity index (χ1) is 7.40. The van der Waals surface area contributed by atoms with Crippen LogP contribution < -0.4 is 5.48 Å². The van der Waals surface area contributed by atoms with E-state index in [9.17, 15) is 4.79 Å². The summed E-state index contributed by atoms with van der Waals surface area (Å²) in [6.07, 6.45) is 4.78. The van der Waals surface area contributed by atoms with Crippen molar-refractivity contribution in [2.24, 2.45) is 5.41 Å². The summed E-state index contributed by atoms with van der Waals surface area (Å²) in [6, 6.07) is 0. The zero-order valence-corrected chi connectivity index (χ0v) is 10.5. The second-order valence-electron chi connectivity index (χ2n) is 6.21. The number of likely N-dealkylation sites (tertiary alicyclic amines) is 1. The third-order valence-corrected chi connectivity index (χ3v) is 3.48. The number of nitrogens with zero attached hydrogens (tertiary/aromatic N) is 1. The van der Waals surface area contributed by atoms with Crippen LogP contribution in [0.5, 0.6) is 0 Å². The van der Waals surface area contributed by atoms with Crippen LogP contribution in [0.15, 0.2) is 0 Å². The highest BCUT2D eigenvalue weighted by atomic mass is 16.7. The summed E-state index contributed by atoms with van der Waals surface area (Å²) in [5, 5.41) is 0. The van der Waals surface area contributed by atoms with Crippen LogP contribution in [0.4, 0.5) is 4.79 Å². The first kappa shape index (κ1) is 11.7. The molecule has 2 fully saturated rings. The van der Waals surface area contributed by atoms with Gasteiger partial charge in [-0.1, -0.05) is 0 Å². The van der Waals surface area contributed by atoms with Gasteiger partial charge in [0.25, 0.3) is 0 Å². The Hall–Kier alpha value is -0.770. The molecule has 1 saturated carbocycles. The molecule has 1 aliphatic carbocycles. The van der Waals surface area contributed by atoms with Gasteiger partial charge in [0.2, 0.25) is 0 Å². The van der Waals surface area contributed by atoms with Crippen LogP contribution in [0, 0.1) is 5.41 Å². The van der Waals surface area contributed by atoms with E-state index in [2.05, 4.69) is 5.48 Å². The summed E-state index contributed by atoms with van der Waals surface area (Å²) < 4.78 is 0. The molecular weight excluding hydrogens is 204 g/mol. The fourth-order valence-electron chi connectivity index (χ4n) is 2.10. The Morgan fingerprint density at radius 1 is 1.19 bits per heavy atom. The Labute approximate surface area is 97.3 Å². The van der Waals surface area contributed by atoms with Crippen LogP contribution in [0.1, 0.15) is 46.5 Å². The number of piperidine rings is 1. The quantitative estimate of drug-likeness (QED) is 0.698. The smallest absolute Gasteiger partial charge is 0.353 e. The van der Waals surface area contributed by atoms with E-state index < -0.39 is 0 Å². The van der Waals surface area contributed by atoms with Gasteiger partial charge in [-0.15, -0.1) is 5.48 Å². The number of nitrogens with one attached hydrogen (secondary N) is 1. The molecule has 4 heteroatoms. The number of hydrogen-bond acceptors (Lipinski definition) is 3. The predicted molar refractivity (Wildman–Crippen MR) is 61.8 cm³/mol. The van der Waals surface area contributed by atoms with Crippen molar-refractivity contribution in [1.29, 1.82) is 0 Å². The van der Waals surface area contributed by atoms with Crippen LogP contribution in [-0.4, -0.2) is 29.6 Å². The first-order valence-electron chi connectivity index (χ1n) is 6.13. The number of hydrogen-bond donors (Lipinski definition) is 1. The summed E-state index contributed by atoms with van der Waals surface area (Å²) in [7, 11) is 0. The van der Waals surface area contributed by atoms with Gasteiger partial charge in [-0.3, -0.25) is 0 Å². The maximum absolute atomic E-state index is 11.7. The minimum absolute atomic E-state index is 0.191. The molecule has 0 radical (unpaired) electrons. The predicted octanol–water partition coefficient (Wildman–Crippen LogP) is 2.30. The maximum Gasteiger partial charge on any atom is 0.428 e. The summed E-state index contributed by atoms with van der Waals surface area (Å²) in [4.78, 5) is 18.6. The number of hydroxylamine groups is 1. The Morgan fingerprint density at radius 2 is 1.75 bits per heavy atom. The second-order valence-corrected chi connectivity index (χ2v) is 6.21. The number of carbonyl (C=O) groups excluding carboxylic acids is 1. The van der Waals surface area contributed by atoms with E-state index in [0.717, 1.165) is 25.9 Å². The lowest BCUT2D eigenvalue weighted by molar-refractivity contribution is 0.0142. The molecule has 2 rings (SSSR count). The van der Waals surface area contributed by atoms with Crippen LogP contribution in [0.3, 0.4) is 0 Å². The highest BCUT2D eigenvalue weighted by molar-refractivity contribution is 5.67. The monoisotopic (exact) mass is 226 g/mol. The summed E-state index contributed by atoms with van der Waals surface area (Å²) in [5.74, 6) is 0. The molecule has 1 spiro atoms. The highest BCUT2D eigenvalue weighted by Gasteiger charge is 2.45. The van der Waals surface area contributed by atoms with Crippen LogP contribution in [0.25, 0.3) is 0 Å². The van der Waals surface area contributed by atoms with Crippen LogP contribution in [0.2, 0.25) is 0 Å². The Balaban J connectivity index is 1.73. The molecule has 4 nitrogen and oxygen atoms in total. The second kappa shape index (κ2) is 3.91. The molecule has 92 valence electrons. The topological polar surface area (TPSA) is 41.6 Å². The average Bonchev–Trinajstić information content (AvgIpc) is 2.95. The highest BCUT2D eigenvalue weighted by Crippen LogP contribution is 2.53. The van der Waals surface area contributed by atoms with Crippen molar-refractivity contribution in [2.45, 2.75) is 52.0 Å². The third kappa shape index (κ3) is 2.88. The average molecular weight is 226 g/mol. The molecule has 0 aromatic carbocycles. The third-order valence-electron chi connectivity index (χ3n) is 3.48. The first-order valence-corrected chi connectivity index (χ1v) is 6.13. The molecular formula is C12H22N2O2. The van der Waals surface area contributed by atoms with Gasteiger partial charge in [0, 0.05) is 18.6 Å². The SMILES string of the molecule is CC(C)(C)NOC(=O)N1CCC2(CC1)CC2. The molecule has 0 unspecified atom stereocenters. The van der Waals surface area contributed by atoms with E-state index in [1.807, 2.05) is 25.7 Å². The molecule has 0 bridgehead atoms. The molecule has 1 saturated heterocycles. The van der Waals surface area contributed by atoms with E-state index in [1.54, 1.807) is 0 Å². The largest absolute Gasteiger partial charge is 0.428 e. The fraction of sp³-hybridized carbons (Fsp3) is 0.917. The summed E-state index contributed by atoms with van der Waals surface area (Å²) in [6.45, 7) is 7.61. The molecule has 1 N–H and O–H groups in total. The maximum atomic E-state index is 11.7. The van der Waals surface area contributed by atoms with Gasteiger partial charge in [-0.05, 0) is 51.9 Å². The van der Waals surface area contributed by atoms with Crippen molar-refractivity contribution in [3.05, 3.63) is 0 Å². The molecule has 0 aromatic heterocycles. The Kier molecular flexibility index (Phi) is 2.86. The molecule has 1 amide bonds. The number of rotatable bonds is 1. The van der Waals surface area contributed by atoms with Crippen LogP contribution in [-0.2, 0) is 4.84 Å². The van der Waals surface area contributed by atoms with Gasteiger partial charge in [0.1, 0.15) is 0 Å². The van der Waals surface area contributed by atoms with Gasteiger partial charge in [-0.25, -0.2) is 4.79 Å². The van der Waals surface area contributed by atoms with Crippen molar-refractivity contribution in [3.63, 3.8) is 0 Å². The normalized spacial score (nSPS) is 23.3. The van der Waals surface area contributed by atoms with E-state index in [1.165, 1.54) is 12.8 Å². The van der Waals surface area contributed by atoms with E-state index in [-0.39, 0.29) is 11.6 Å². The van der Waals surface area contributed by atoms with E-state index >= 15 is 0 Å². The van der Waals surface area contributed by atoms with Crippen LogP contribution >= 0.6 is 0 Å². The number of carbonyl (C=O) groups is 1. The Morgan fingerprint density at radius 3 is 2.19 bits per heavy atom. The minimum atomic E-state index is -0.231. The molecule has 1 heterocycles. The van der Waals surface area contributed by atoms with Crippen molar-refractivity contribution >= 4 is 6.09 Å². The zero-order chi connectivity index (χ0) is 11.8. The van der Waals surface area contributed by atoms with E-state index in [0.29, 0.717) is 5.41 Å². The van der Waals surface area contributed by atoms with Crippen molar-refractivity contribution in [3.8, 4) is 0 Å². The Bertz CT molecular complexity index is 269. The van der Waals surface area contributed by atoms with Crippen molar-refractivity contribution < 1.29 is 9.63 Å². The lowest BCUT2D eigenvalue weighted by Crippen LogP contribution is -2.45. The van der Waals surface area contributed by atoms with Crippen molar-refractivity contribution in [2.75, 3.05) is 13.1 Å². The minimum Gasteiger partial charge on any atom is -0.353 e. The van der Waals surface area contributed by atoms with Crippen molar-refractivity contribution in [1.82, 2.24) is 10.4 Å². The lowest BCUT2D eigenvalue weighted by atomic mass is 9.94. The molecule has 0 aromatic rings. The van der Waals surface area contributed by atoms with Gasteiger partial charge in [-0.2, -0.15) is 0 Å². The molecule has 16 heavy (non-hydrogen) atoms. The molecule has 2 aliphatic rings. The number of amides is 1. The van der Waals surface area contributed by atoms with Gasteiger partial charge >= 0.3 is 6.09 Å². The summed E-state index contributed by atoms with van der Waals surface area (Å²) >= 11 is 0. The van der Waals surface area contributed by atoms with E-state index in [4.69, 9.17) is 4.84 Å². The van der Waals surface area contributed by atoms with Gasteiger partial charge < -0.3 is 9.74 Å². The van der Waals surface area contributed by atoms with Gasteiger partial charge in [0.15, 0.2) is 0 Å². The van der Waals surface area contributed by atoms with Gasteiger partial charge in [0.05, 0.1) is 0 Å². The molecule has 0 atom stereocenters. The lowest BCUT2D eigenvalue weighted by Gasteiger charge is -2.32. The summed E-state index contributed by atoms with van der Waals surface area (Å²) in [5.41, 5.74) is 3.18. The molecule has 1 aliphatic heterocycles. The standard InChI is InChI=1S/C12H22N2O2/c1-11(2,3)13-16-10(15)14-8-6-12(4-5-12)7-9-14/h13H,4-9H2,1-3H3. The fourth-order valence-corrected chi connectivity index (χ4v) is 2.10.